The van der Waals surface area contributed by atoms with Crippen molar-refractivity contribution in [3.8, 4) is 0 Å². The van der Waals surface area contributed by atoms with Crippen LogP contribution in [0.15, 0.2) is 27.8 Å². The molecular weight excluding hydrogens is 366 g/mol. The summed E-state index contributed by atoms with van der Waals surface area (Å²) >= 11 is 1.35. The Morgan fingerprint density at radius 3 is 2.61 bits per heavy atom. The van der Waals surface area contributed by atoms with E-state index in [0.29, 0.717) is 0 Å². The third kappa shape index (κ3) is 3.95. The molecule has 0 radical (unpaired) electrons. The zero-order chi connectivity index (χ0) is 13.9. The number of aliphatic hydroxyl groups excluding tert-OH is 1. The van der Waals surface area contributed by atoms with E-state index in [0.717, 1.165) is 12.1 Å². The zero-order valence-electron chi connectivity index (χ0n) is 8.69. The first kappa shape index (κ1) is 14.9. The second-order valence-corrected chi connectivity index (χ2v) is 4.57. The summed E-state index contributed by atoms with van der Waals surface area (Å²) in [5.41, 5.74) is -0.00801. The average molecular weight is 373 g/mol. The van der Waals surface area contributed by atoms with Gasteiger partial charge in [-0.15, -0.1) is 0 Å². The first-order chi connectivity index (χ1) is 8.21. The molecular formula is C10H7F3INO3. The molecule has 0 aliphatic rings. The Hall–Kier alpha value is -1.16. The van der Waals surface area contributed by atoms with E-state index in [9.17, 15) is 23.3 Å². The lowest BCUT2D eigenvalue weighted by Gasteiger charge is -2.13. The minimum Gasteiger partial charge on any atom is -0.379 e. The van der Waals surface area contributed by atoms with Crippen LogP contribution in [0.4, 0.5) is 18.9 Å². The maximum atomic E-state index is 12.2. The van der Waals surface area contributed by atoms with E-state index in [4.69, 9.17) is 5.11 Å². The van der Waals surface area contributed by atoms with Gasteiger partial charge >= 0.3 is 6.18 Å². The first-order valence-electron chi connectivity index (χ1n) is 4.58. The van der Waals surface area contributed by atoms with Crippen LogP contribution in [0.1, 0.15) is 5.56 Å². The normalized spacial score (nSPS) is 14.4. The van der Waals surface area contributed by atoms with Crippen molar-refractivity contribution >= 4 is 34.4 Å². The summed E-state index contributed by atoms with van der Waals surface area (Å²) in [4.78, 5) is 9.84. The van der Waals surface area contributed by atoms with Gasteiger partial charge in [-0.1, -0.05) is 12.1 Å². The minimum atomic E-state index is -4.76. The molecule has 0 aliphatic heterocycles. The van der Waals surface area contributed by atoms with Gasteiger partial charge in [0.15, 0.2) is 6.10 Å². The number of hydrogen-bond acceptors (Lipinski definition) is 3. The molecule has 0 heterocycles. The van der Waals surface area contributed by atoms with E-state index >= 15 is 0 Å². The Labute approximate surface area is 113 Å². The Morgan fingerprint density at radius 1 is 1.50 bits per heavy atom. The molecule has 0 bridgehead atoms. The highest BCUT2D eigenvalue weighted by Crippen LogP contribution is 2.30. The van der Waals surface area contributed by atoms with Crippen LogP contribution in [-0.2, 0) is 0 Å². The van der Waals surface area contributed by atoms with Crippen molar-refractivity contribution in [2.24, 2.45) is 0 Å². The number of non-ortho nitro benzene ring substituents is 1. The second-order valence-electron chi connectivity index (χ2n) is 3.33. The van der Waals surface area contributed by atoms with Gasteiger partial charge < -0.3 is 5.11 Å². The summed E-state index contributed by atoms with van der Waals surface area (Å²) in [5.74, 6) is 0. The summed E-state index contributed by atoms with van der Waals surface area (Å²) in [7, 11) is 0. The quantitative estimate of drug-likeness (QED) is 0.503. The highest BCUT2D eigenvalue weighted by atomic mass is 127. The fourth-order valence-electron chi connectivity index (χ4n) is 1.12. The van der Waals surface area contributed by atoms with Crippen molar-refractivity contribution in [3.63, 3.8) is 0 Å². The predicted octanol–water partition coefficient (Wildman–Crippen LogP) is 3.29. The number of rotatable bonds is 3. The zero-order valence-corrected chi connectivity index (χ0v) is 10.8. The van der Waals surface area contributed by atoms with E-state index in [1.807, 2.05) is 0 Å². The van der Waals surface area contributed by atoms with Gasteiger partial charge in [0.2, 0.25) is 0 Å². The molecule has 1 unspecified atom stereocenters. The molecule has 8 heteroatoms. The minimum absolute atomic E-state index is 0.219. The number of hydrogen-bond donors (Lipinski definition) is 1. The number of nitrogens with zero attached hydrogens (tertiary/aromatic N) is 1. The molecule has 1 rings (SSSR count). The van der Waals surface area contributed by atoms with Crippen molar-refractivity contribution < 1.29 is 23.2 Å². The molecule has 98 valence electrons. The van der Waals surface area contributed by atoms with E-state index in [-0.39, 0.29) is 14.8 Å². The fraction of sp³-hybridized carbons (Fsp3) is 0.200. The number of nitro benzene ring substituents is 1. The molecule has 1 N–H and O–H groups in total. The summed E-state index contributed by atoms with van der Waals surface area (Å²) in [6.07, 6.45) is -6.29. The van der Waals surface area contributed by atoms with Crippen LogP contribution in [0, 0.1) is 10.1 Å². The van der Waals surface area contributed by atoms with Gasteiger partial charge in [0.25, 0.3) is 5.69 Å². The van der Waals surface area contributed by atoms with Crippen LogP contribution in [0.5, 0.6) is 0 Å². The molecule has 1 atom stereocenters. The summed E-state index contributed by atoms with van der Waals surface area (Å²) in [5, 5.41) is 19.4. The van der Waals surface area contributed by atoms with Crippen LogP contribution >= 0.6 is 22.6 Å². The molecule has 0 amide bonds. The molecule has 0 saturated carbocycles. The average Bonchev–Trinajstić information content (AvgIpc) is 2.27. The standard InChI is InChI=1S/C10H7F3INO3/c11-10(12,13)9(16)8(14)5-6-2-1-3-7(4-6)15(17)18/h1-5,9,16H/b8-5-. The number of nitro groups is 1. The topological polar surface area (TPSA) is 63.4 Å². The Kier molecular flexibility index (Phi) is 4.68. The molecule has 0 saturated heterocycles. The lowest BCUT2D eigenvalue weighted by Crippen LogP contribution is -2.28. The van der Waals surface area contributed by atoms with E-state index in [1.54, 1.807) is 0 Å². The van der Waals surface area contributed by atoms with Crippen LogP contribution in [-0.4, -0.2) is 22.3 Å². The lowest BCUT2D eigenvalue weighted by molar-refractivity contribution is -0.384. The molecule has 0 aromatic heterocycles. The number of halogens is 4. The van der Waals surface area contributed by atoms with Gasteiger partial charge in [-0.25, -0.2) is 0 Å². The lowest BCUT2D eigenvalue weighted by atomic mass is 10.1. The molecule has 0 spiro atoms. The third-order valence-electron chi connectivity index (χ3n) is 1.96. The maximum absolute atomic E-state index is 12.2. The Morgan fingerprint density at radius 2 is 2.11 bits per heavy atom. The highest BCUT2D eigenvalue weighted by Gasteiger charge is 2.39. The summed E-state index contributed by atoms with van der Waals surface area (Å²) in [6, 6.07) is 5.12. The first-order valence-corrected chi connectivity index (χ1v) is 5.66. The number of benzene rings is 1. The van der Waals surface area contributed by atoms with Gasteiger partial charge in [0.05, 0.1) is 4.92 Å². The maximum Gasteiger partial charge on any atom is 0.419 e. The summed E-state index contributed by atoms with van der Waals surface area (Å²) < 4.78 is 36.3. The second kappa shape index (κ2) is 5.65. The third-order valence-corrected chi connectivity index (χ3v) is 2.86. The van der Waals surface area contributed by atoms with Gasteiger partial charge in [-0.2, -0.15) is 13.2 Å². The van der Waals surface area contributed by atoms with Crippen LogP contribution < -0.4 is 0 Å². The smallest absolute Gasteiger partial charge is 0.379 e. The van der Waals surface area contributed by atoms with Crippen LogP contribution in [0.25, 0.3) is 6.08 Å². The SMILES string of the molecule is O=[N+]([O-])c1cccc(/C=C(\I)C(O)C(F)(F)F)c1. The Balaban J connectivity index is 3.02. The van der Waals surface area contributed by atoms with E-state index in [2.05, 4.69) is 0 Å². The molecule has 0 fully saturated rings. The van der Waals surface area contributed by atoms with E-state index < -0.39 is 17.2 Å². The van der Waals surface area contributed by atoms with Crippen molar-refractivity contribution in [1.29, 1.82) is 0 Å². The molecule has 1 aromatic rings. The monoisotopic (exact) mass is 373 g/mol. The van der Waals surface area contributed by atoms with Gasteiger partial charge in [0, 0.05) is 15.7 Å². The predicted molar refractivity (Wildman–Crippen MR) is 67.2 cm³/mol. The molecule has 4 nitrogen and oxygen atoms in total. The number of aliphatic hydroxyl groups is 1. The van der Waals surface area contributed by atoms with Gasteiger partial charge in [0.1, 0.15) is 0 Å². The molecule has 0 aliphatic carbocycles. The van der Waals surface area contributed by atoms with E-state index in [1.165, 1.54) is 40.8 Å². The largest absolute Gasteiger partial charge is 0.419 e. The van der Waals surface area contributed by atoms with Crippen molar-refractivity contribution in [2.75, 3.05) is 0 Å². The van der Waals surface area contributed by atoms with Crippen LogP contribution in [0.2, 0.25) is 0 Å². The summed E-state index contributed by atoms with van der Waals surface area (Å²) in [6.45, 7) is 0. The van der Waals surface area contributed by atoms with Gasteiger partial charge in [-0.3, -0.25) is 10.1 Å². The fourth-order valence-corrected chi connectivity index (χ4v) is 1.84. The van der Waals surface area contributed by atoms with Gasteiger partial charge in [-0.05, 0) is 34.2 Å². The Bertz CT molecular complexity index is 488. The van der Waals surface area contributed by atoms with Crippen molar-refractivity contribution in [1.82, 2.24) is 0 Å². The van der Waals surface area contributed by atoms with Crippen molar-refractivity contribution in [3.05, 3.63) is 43.5 Å². The highest BCUT2D eigenvalue weighted by molar-refractivity contribution is 14.1. The van der Waals surface area contributed by atoms with Crippen molar-refractivity contribution in [2.45, 2.75) is 12.3 Å². The van der Waals surface area contributed by atoms with Crippen LogP contribution in [0.3, 0.4) is 0 Å². The molecule has 18 heavy (non-hydrogen) atoms. The number of alkyl halides is 3. The molecule has 1 aromatic carbocycles.